The van der Waals surface area contributed by atoms with Crippen LogP contribution in [0.15, 0.2) is 61.1 Å². The summed E-state index contributed by atoms with van der Waals surface area (Å²) in [6.45, 7) is 1.05. The SMILES string of the molecule is COc1ccc2cc3[n+](cc2c1OC(=O)c1ccncc1)CCc1cc2c(cc1-3)OCO2.[Cl-]. The lowest BCUT2D eigenvalue weighted by molar-refractivity contribution is -0.686. The second-order valence-corrected chi connectivity index (χ2v) is 7.69. The van der Waals surface area contributed by atoms with Crippen LogP contribution in [0.3, 0.4) is 0 Å². The van der Waals surface area contributed by atoms with Crippen LogP contribution in [0.5, 0.6) is 23.0 Å². The fourth-order valence-electron chi connectivity index (χ4n) is 4.30. The van der Waals surface area contributed by atoms with E-state index in [1.165, 1.54) is 5.56 Å². The number of fused-ring (bicyclic) bond motifs is 5. The van der Waals surface area contributed by atoms with Crippen molar-refractivity contribution in [3.05, 3.63) is 72.2 Å². The van der Waals surface area contributed by atoms with Crippen molar-refractivity contribution in [3.8, 4) is 34.3 Å². The van der Waals surface area contributed by atoms with Crippen LogP contribution in [0.4, 0.5) is 0 Å². The minimum atomic E-state index is -0.459. The van der Waals surface area contributed by atoms with Crippen LogP contribution in [0.2, 0.25) is 0 Å². The van der Waals surface area contributed by atoms with Crippen molar-refractivity contribution in [2.45, 2.75) is 13.0 Å². The Labute approximate surface area is 195 Å². The molecule has 8 heteroatoms. The van der Waals surface area contributed by atoms with Crippen molar-refractivity contribution in [2.75, 3.05) is 13.9 Å². The molecule has 2 aliphatic rings. The van der Waals surface area contributed by atoms with Gasteiger partial charge in [0, 0.05) is 24.9 Å². The smallest absolute Gasteiger partial charge is 0.343 e. The quantitative estimate of drug-likeness (QED) is 0.254. The zero-order valence-corrected chi connectivity index (χ0v) is 18.5. The predicted molar refractivity (Wildman–Crippen MR) is 115 cm³/mol. The second kappa shape index (κ2) is 8.26. The number of hydrogen-bond donors (Lipinski definition) is 0. The number of pyridine rings is 2. The maximum Gasteiger partial charge on any atom is 0.343 e. The fourth-order valence-corrected chi connectivity index (χ4v) is 4.30. The summed E-state index contributed by atoms with van der Waals surface area (Å²) in [6, 6.07) is 13.3. The first-order valence-corrected chi connectivity index (χ1v) is 10.3. The Morgan fingerprint density at radius 2 is 1.85 bits per heavy atom. The Bertz CT molecular complexity index is 1390. The number of nitrogens with zero attached hydrogens (tertiary/aromatic N) is 2. The number of ether oxygens (including phenoxy) is 4. The normalized spacial score (nSPS) is 13.0. The highest BCUT2D eigenvalue weighted by Crippen LogP contribution is 2.41. The Kier molecular flexibility index (Phi) is 5.26. The lowest BCUT2D eigenvalue weighted by Gasteiger charge is -2.17. The fraction of sp³-hybridized carbons (Fsp3) is 0.160. The number of rotatable bonds is 3. The summed E-state index contributed by atoms with van der Waals surface area (Å²) in [5.41, 5.74) is 3.85. The first kappa shape index (κ1) is 21.0. The lowest BCUT2D eigenvalue weighted by Crippen LogP contribution is -3.00. The van der Waals surface area contributed by atoms with Crippen molar-refractivity contribution in [1.82, 2.24) is 4.98 Å². The molecule has 2 aromatic carbocycles. The number of hydrogen-bond acceptors (Lipinski definition) is 6. The van der Waals surface area contributed by atoms with E-state index < -0.39 is 5.97 Å². The van der Waals surface area contributed by atoms with E-state index in [1.54, 1.807) is 31.6 Å². The number of carbonyl (C=O) groups excluding carboxylic acids is 1. The van der Waals surface area contributed by atoms with Gasteiger partial charge in [-0.15, -0.1) is 0 Å². The molecule has 0 unspecified atom stereocenters. The van der Waals surface area contributed by atoms with E-state index in [4.69, 9.17) is 18.9 Å². The highest BCUT2D eigenvalue weighted by atomic mass is 35.5. The molecule has 0 saturated heterocycles. The van der Waals surface area contributed by atoms with E-state index in [1.807, 2.05) is 24.4 Å². The van der Waals surface area contributed by atoms with Gasteiger partial charge in [-0.2, -0.15) is 4.57 Å². The average Bonchev–Trinajstić information content (AvgIpc) is 3.30. The monoisotopic (exact) mass is 462 g/mol. The molecule has 4 heterocycles. The average molecular weight is 463 g/mol. The van der Waals surface area contributed by atoms with Gasteiger partial charge < -0.3 is 31.4 Å². The number of aromatic nitrogens is 2. The van der Waals surface area contributed by atoms with E-state index in [0.717, 1.165) is 46.5 Å². The molecule has 0 atom stereocenters. The number of carbonyl (C=O) groups is 1. The van der Waals surface area contributed by atoms with Gasteiger partial charge in [0.15, 0.2) is 35.7 Å². The van der Waals surface area contributed by atoms with Crippen molar-refractivity contribution in [3.63, 3.8) is 0 Å². The number of aryl methyl sites for hydroxylation is 2. The number of esters is 1. The molecule has 0 amide bonds. The van der Waals surface area contributed by atoms with Crippen LogP contribution in [0, 0.1) is 0 Å². The molecule has 2 aromatic heterocycles. The van der Waals surface area contributed by atoms with Gasteiger partial charge >= 0.3 is 5.97 Å². The Hall–Kier alpha value is -3.84. The summed E-state index contributed by atoms with van der Waals surface area (Å²) >= 11 is 0. The van der Waals surface area contributed by atoms with Gasteiger partial charge in [-0.1, -0.05) is 0 Å². The number of benzene rings is 2. The summed E-state index contributed by atoms with van der Waals surface area (Å²) in [6.07, 6.45) is 6.01. The molecule has 33 heavy (non-hydrogen) atoms. The molecule has 6 rings (SSSR count). The zero-order chi connectivity index (χ0) is 21.7. The molecule has 2 aliphatic heterocycles. The molecule has 166 valence electrons. The standard InChI is InChI=1S/C25H19N2O5.ClH/c1-29-21-3-2-16-10-20-18-12-23-22(30-14-31-23)11-17(18)6-9-27(20)13-19(16)24(21)32-25(28)15-4-7-26-8-5-15;/h2-5,7-8,10-13H,6,9,14H2,1H3;1H/q+1;/p-1. The lowest BCUT2D eigenvalue weighted by atomic mass is 9.95. The van der Waals surface area contributed by atoms with Gasteiger partial charge in [0.25, 0.3) is 0 Å². The van der Waals surface area contributed by atoms with Gasteiger partial charge in [0.05, 0.1) is 23.6 Å². The van der Waals surface area contributed by atoms with E-state index in [0.29, 0.717) is 17.1 Å². The predicted octanol–water partition coefficient (Wildman–Crippen LogP) is 0.706. The van der Waals surface area contributed by atoms with Gasteiger partial charge in [-0.05, 0) is 47.3 Å². The first-order chi connectivity index (χ1) is 15.7. The minimum absolute atomic E-state index is 0. The van der Waals surface area contributed by atoms with Crippen LogP contribution < -0.4 is 35.9 Å². The molecular formula is C25H19ClN2O5. The van der Waals surface area contributed by atoms with Crippen LogP contribution in [-0.2, 0) is 13.0 Å². The third-order valence-corrected chi connectivity index (χ3v) is 5.91. The topological polar surface area (TPSA) is 70.8 Å². The van der Waals surface area contributed by atoms with Crippen molar-refractivity contribution >= 4 is 16.7 Å². The van der Waals surface area contributed by atoms with Crippen LogP contribution in [-0.4, -0.2) is 24.9 Å². The van der Waals surface area contributed by atoms with E-state index in [-0.39, 0.29) is 19.2 Å². The number of methoxy groups -OCH3 is 1. The summed E-state index contributed by atoms with van der Waals surface area (Å²) in [5.74, 6) is 2.00. The second-order valence-electron chi connectivity index (χ2n) is 7.69. The van der Waals surface area contributed by atoms with Gasteiger partial charge in [0.1, 0.15) is 0 Å². The zero-order valence-electron chi connectivity index (χ0n) is 17.7. The van der Waals surface area contributed by atoms with E-state index in [9.17, 15) is 4.79 Å². The van der Waals surface area contributed by atoms with E-state index >= 15 is 0 Å². The van der Waals surface area contributed by atoms with Gasteiger partial charge in [-0.3, -0.25) is 4.98 Å². The summed E-state index contributed by atoms with van der Waals surface area (Å²) in [4.78, 5) is 16.7. The van der Waals surface area contributed by atoms with Crippen molar-refractivity contribution < 1.29 is 40.7 Å². The highest BCUT2D eigenvalue weighted by molar-refractivity contribution is 5.97. The minimum Gasteiger partial charge on any atom is -1.00 e. The van der Waals surface area contributed by atoms with Gasteiger partial charge in [-0.25, -0.2) is 4.79 Å². The Morgan fingerprint density at radius 1 is 1.06 bits per heavy atom. The molecule has 0 N–H and O–H groups in total. The highest BCUT2D eigenvalue weighted by Gasteiger charge is 2.29. The maximum atomic E-state index is 12.7. The van der Waals surface area contributed by atoms with E-state index in [2.05, 4.69) is 21.7 Å². The molecule has 0 bridgehead atoms. The molecule has 0 aliphatic carbocycles. The molecular weight excluding hydrogens is 444 g/mol. The van der Waals surface area contributed by atoms with Crippen LogP contribution in [0.25, 0.3) is 22.0 Å². The largest absolute Gasteiger partial charge is 1.00 e. The third-order valence-electron chi connectivity index (χ3n) is 5.91. The van der Waals surface area contributed by atoms with Crippen molar-refractivity contribution in [1.29, 1.82) is 0 Å². The molecule has 0 saturated carbocycles. The molecule has 7 nitrogen and oxygen atoms in total. The maximum absolute atomic E-state index is 12.7. The molecule has 0 radical (unpaired) electrons. The number of halogens is 1. The third kappa shape index (κ3) is 3.50. The summed E-state index contributed by atoms with van der Waals surface area (Å²) in [5, 5.41) is 1.75. The van der Waals surface area contributed by atoms with Gasteiger partial charge in [0.2, 0.25) is 12.5 Å². The summed E-state index contributed by atoms with van der Waals surface area (Å²) < 4.78 is 24.6. The van der Waals surface area contributed by atoms with Crippen LogP contribution >= 0.6 is 0 Å². The Morgan fingerprint density at radius 3 is 2.64 bits per heavy atom. The molecule has 0 fully saturated rings. The van der Waals surface area contributed by atoms with Crippen molar-refractivity contribution in [2.24, 2.45) is 0 Å². The molecule has 0 spiro atoms. The first-order valence-electron chi connectivity index (χ1n) is 10.3. The summed E-state index contributed by atoms with van der Waals surface area (Å²) in [7, 11) is 1.56. The van der Waals surface area contributed by atoms with Crippen LogP contribution in [0.1, 0.15) is 15.9 Å². The Balaban J connectivity index is 0.00000228. The molecule has 4 aromatic rings.